The Labute approximate surface area is 290 Å². The largest absolute Gasteiger partial charge is 0.640 e. The normalized spacial score (nSPS) is 25.2. The van der Waals surface area contributed by atoms with Crippen molar-refractivity contribution >= 4 is 53.4 Å². The fourth-order valence-corrected chi connectivity index (χ4v) is 5.08. The van der Waals surface area contributed by atoms with Gasteiger partial charge in [0.05, 0.1) is 33.6 Å². The van der Waals surface area contributed by atoms with Crippen LogP contribution in [0.5, 0.6) is 0 Å². The van der Waals surface area contributed by atoms with Crippen molar-refractivity contribution in [3.63, 3.8) is 0 Å². The molecule has 3 saturated heterocycles. The van der Waals surface area contributed by atoms with Gasteiger partial charge in [-0.3, -0.25) is 0 Å². The fraction of sp³-hybridized carbons (Fsp3) is 0.697. The zero-order valence-electron chi connectivity index (χ0n) is 29.8. The van der Waals surface area contributed by atoms with E-state index in [1.54, 1.807) is 0 Å². The summed E-state index contributed by atoms with van der Waals surface area (Å²) in [4.78, 5) is 0. The Kier molecular flexibility index (Phi) is 12.3. The van der Waals surface area contributed by atoms with Crippen molar-refractivity contribution in [3.05, 3.63) is 56.3 Å². The molecule has 1 aliphatic carbocycles. The number of allylic oxidation sites excluding steroid dienone is 4. The summed E-state index contributed by atoms with van der Waals surface area (Å²) in [6.45, 7) is 28.7. The predicted molar refractivity (Wildman–Crippen MR) is 192 cm³/mol. The highest BCUT2D eigenvalue weighted by Gasteiger charge is 2.55. The molecule has 0 atom stereocenters. The lowest BCUT2D eigenvalue weighted by Gasteiger charge is -2.32. The molecule has 0 bridgehead atoms. The van der Waals surface area contributed by atoms with Crippen LogP contribution in [0.25, 0.3) is 0 Å². The Morgan fingerprint density at radius 1 is 0.533 bits per heavy atom. The molecule has 3 fully saturated rings. The van der Waals surface area contributed by atoms with E-state index in [2.05, 4.69) is 99.4 Å². The van der Waals surface area contributed by atoms with Crippen molar-refractivity contribution in [3.8, 4) is 0 Å². The van der Waals surface area contributed by atoms with Crippen LogP contribution in [-0.4, -0.2) is 61.3 Å². The standard InChI is InChI=1S/C18H30B2O4.C9H19BO3.C6H4Br2/c1-15(2)16(3,4)22-19(21-15)13-9-11-14(12-10-13)20-23-17(5,6)18(7,8)24-20;1-7(2)11-10-12-8(3,4)9(5,6)13-10;7-5-1-2-6(8)4-3-5/h9,11H,10,12H2,1-8H3;7H,1-6H3;1-4H. The third-order valence-corrected chi connectivity index (χ3v) is 10.8. The van der Waals surface area contributed by atoms with E-state index in [1.807, 2.05) is 65.8 Å². The van der Waals surface area contributed by atoms with E-state index in [1.165, 1.54) is 10.9 Å². The predicted octanol–water partition coefficient (Wildman–Crippen LogP) is 9.11. The molecule has 0 saturated carbocycles. The number of rotatable bonds is 4. The molecule has 3 heterocycles. The second-order valence-electron chi connectivity index (χ2n) is 15.3. The molecule has 0 radical (unpaired) electrons. The highest BCUT2D eigenvalue weighted by atomic mass is 79.9. The molecule has 3 aliphatic heterocycles. The van der Waals surface area contributed by atoms with E-state index in [0.717, 1.165) is 21.8 Å². The summed E-state index contributed by atoms with van der Waals surface area (Å²) in [7, 11) is -1.04. The van der Waals surface area contributed by atoms with Crippen molar-refractivity contribution in [2.24, 2.45) is 0 Å². The smallest absolute Gasteiger partial charge is 0.400 e. The van der Waals surface area contributed by atoms with E-state index >= 15 is 0 Å². The summed E-state index contributed by atoms with van der Waals surface area (Å²) < 4.78 is 43.5. The topological polar surface area (TPSA) is 64.6 Å². The molecule has 4 aliphatic rings. The van der Waals surface area contributed by atoms with Crippen LogP contribution in [0.4, 0.5) is 0 Å². The van der Waals surface area contributed by atoms with Gasteiger partial charge in [-0.05, 0) is 145 Å². The van der Waals surface area contributed by atoms with Gasteiger partial charge in [0.15, 0.2) is 0 Å². The Morgan fingerprint density at radius 2 is 0.800 bits per heavy atom. The maximum atomic E-state index is 6.15. The van der Waals surface area contributed by atoms with Crippen LogP contribution in [0.15, 0.2) is 56.3 Å². The number of halogens is 2. The van der Waals surface area contributed by atoms with Gasteiger partial charge < -0.3 is 32.6 Å². The first kappa shape index (κ1) is 39.0. The van der Waals surface area contributed by atoms with Crippen molar-refractivity contribution in [2.75, 3.05) is 0 Å². The molecule has 12 heteroatoms. The van der Waals surface area contributed by atoms with Crippen molar-refractivity contribution in [2.45, 2.75) is 149 Å². The number of hydrogen-bond donors (Lipinski definition) is 0. The molecule has 0 spiro atoms. The first-order chi connectivity index (χ1) is 20.4. The molecule has 5 rings (SSSR count). The lowest BCUT2D eigenvalue weighted by Crippen LogP contribution is -2.41. The Hall–Kier alpha value is -0.425. The molecule has 1 aromatic rings. The molecule has 250 valence electrons. The van der Waals surface area contributed by atoms with Crippen LogP contribution >= 0.6 is 31.9 Å². The van der Waals surface area contributed by atoms with E-state index in [4.69, 9.17) is 32.6 Å². The molecular formula is C33H53B3Br2O7. The van der Waals surface area contributed by atoms with Crippen molar-refractivity contribution < 1.29 is 32.6 Å². The van der Waals surface area contributed by atoms with E-state index in [9.17, 15) is 0 Å². The molecular weight excluding hydrogens is 701 g/mol. The molecule has 1 aromatic carbocycles. The summed E-state index contributed by atoms with van der Waals surface area (Å²) in [6, 6.07) is 7.96. The molecule has 7 nitrogen and oxygen atoms in total. The van der Waals surface area contributed by atoms with Gasteiger partial charge in [-0.25, -0.2) is 0 Å². The minimum Gasteiger partial charge on any atom is -0.400 e. The highest BCUT2D eigenvalue weighted by molar-refractivity contribution is 9.11. The summed E-state index contributed by atoms with van der Waals surface area (Å²) in [5, 5.41) is 0. The van der Waals surface area contributed by atoms with E-state index in [-0.39, 0.29) is 53.9 Å². The molecule has 0 N–H and O–H groups in total. The van der Waals surface area contributed by atoms with Crippen LogP contribution < -0.4 is 0 Å². The van der Waals surface area contributed by atoms with Gasteiger partial charge in [0.2, 0.25) is 0 Å². The van der Waals surface area contributed by atoms with Gasteiger partial charge >= 0.3 is 21.6 Å². The van der Waals surface area contributed by atoms with Gasteiger partial charge in [0.25, 0.3) is 0 Å². The Morgan fingerprint density at radius 3 is 1.04 bits per heavy atom. The van der Waals surface area contributed by atoms with Gasteiger partial charge in [-0.2, -0.15) is 0 Å². The Bertz CT molecular complexity index is 1110. The fourth-order valence-electron chi connectivity index (χ4n) is 4.55. The highest BCUT2D eigenvalue weighted by Crippen LogP contribution is 2.43. The maximum Gasteiger partial charge on any atom is 0.640 e. The third kappa shape index (κ3) is 9.60. The van der Waals surface area contributed by atoms with Gasteiger partial charge in [0, 0.05) is 15.0 Å². The summed E-state index contributed by atoms with van der Waals surface area (Å²) in [5.74, 6) is 0. The van der Waals surface area contributed by atoms with Crippen LogP contribution in [-0.2, 0) is 32.6 Å². The first-order valence-corrected chi connectivity index (χ1v) is 17.5. The van der Waals surface area contributed by atoms with Crippen LogP contribution in [0, 0.1) is 0 Å². The summed E-state index contributed by atoms with van der Waals surface area (Å²) >= 11 is 6.65. The van der Waals surface area contributed by atoms with Crippen molar-refractivity contribution in [1.29, 1.82) is 0 Å². The zero-order valence-corrected chi connectivity index (χ0v) is 33.0. The second-order valence-corrected chi connectivity index (χ2v) is 17.2. The summed E-state index contributed by atoms with van der Waals surface area (Å²) in [6.07, 6.45) is 6.17. The van der Waals surface area contributed by atoms with Crippen molar-refractivity contribution in [1.82, 2.24) is 0 Å². The Balaban J connectivity index is 0.000000219. The number of benzene rings is 1. The SMILES string of the molecule is Brc1ccc(Br)cc1.CC(C)OB1OC(C)(C)C(C)(C)O1.CC1(C)OB(C2=CC=C(B3OC(C)(C)C(C)(C)O3)CC2)OC1(C)C. The second kappa shape index (κ2) is 14.2. The lowest BCUT2D eigenvalue weighted by molar-refractivity contribution is 0.00578. The van der Waals surface area contributed by atoms with E-state index < -0.39 is 7.32 Å². The maximum absolute atomic E-state index is 6.15. The lowest BCUT2D eigenvalue weighted by atomic mass is 9.67. The first-order valence-electron chi connectivity index (χ1n) is 15.9. The molecule has 45 heavy (non-hydrogen) atoms. The third-order valence-electron chi connectivity index (χ3n) is 9.74. The van der Waals surface area contributed by atoms with Gasteiger partial charge in [-0.15, -0.1) is 0 Å². The van der Waals surface area contributed by atoms with Crippen LogP contribution in [0.1, 0.15) is 110 Å². The van der Waals surface area contributed by atoms with Gasteiger partial charge in [-0.1, -0.05) is 44.0 Å². The number of hydrogen-bond acceptors (Lipinski definition) is 7. The minimum absolute atomic E-state index is 0.120. The molecule has 0 aromatic heterocycles. The van der Waals surface area contributed by atoms with Crippen LogP contribution in [0.2, 0.25) is 0 Å². The average Bonchev–Trinajstić information content (AvgIpc) is 3.34. The molecule has 0 amide bonds. The average molecular weight is 754 g/mol. The molecule has 0 unspecified atom stereocenters. The van der Waals surface area contributed by atoms with E-state index in [0.29, 0.717) is 0 Å². The quantitative estimate of drug-likeness (QED) is 0.285. The zero-order chi connectivity index (χ0) is 34.2. The monoisotopic (exact) mass is 752 g/mol. The van der Waals surface area contributed by atoms with Gasteiger partial charge in [0.1, 0.15) is 0 Å². The minimum atomic E-state index is -0.523. The summed E-state index contributed by atoms with van der Waals surface area (Å²) in [5.41, 5.74) is 0.590. The van der Waals surface area contributed by atoms with Crippen LogP contribution in [0.3, 0.4) is 0 Å².